The molecule has 2 saturated heterocycles. The third-order valence-electron chi connectivity index (χ3n) is 3.58. The second kappa shape index (κ2) is 5.50. The van der Waals surface area contributed by atoms with Crippen molar-refractivity contribution in [2.75, 3.05) is 26.2 Å². The molecule has 0 bridgehead atoms. The summed E-state index contributed by atoms with van der Waals surface area (Å²) in [4.78, 5) is 14.3. The Bertz CT molecular complexity index is 204. The van der Waals surface area contributed by atoms with Crippen LogP contribution < -0.4 is 5.32 Å². The van der Waals surface area contributed by atoms with Gasteiger partial charge in [-0.25, -0.2) is 0 Å². The number of nitrogens with one attached hydrogen (secondary N) is 1. The van der Waals surface area contributed by atoms with E-state index < -0.39 is 0 Å². The maximum absolute atomic E-state index is 12.2. The molecule has 2 heterocycles. The number of rotatable bonds is 1. The third kappa shape index (κ3) is 2.94. The molecule has 0 aliphatic carbocycles. The molecule has 3 heteroatoms. The van der Waals surface area contributed by atoms with E-state index in [1.54, 1.807) is 0 Å². The summed E-state index contributed by atoms with van der Waals surface area (Å²) >= 11 is 0. The van der Waals surface area contributed by atoms with Gasteiger partial charge in [0.25, 0.3) is 0 Å². The molecule has 3 nitrogen and oxygen atoms in total. The first kappa shape index (κ1) is 10.9. The normalized spacial score (nSPS) is 28.5. The Hall–Kier alpha value is -0.570. The fourth-order valence-corrected chi connectivity index (χ4v) is 2.59. The number of hydrogen-bond donors (Lipinski definition) is 1. The Balaban J connectivity index is 1.85. The minimum atomic E-state index is 0.268. The maximum Gasteiger partial charge on any atom is 0.227 e. The summed E-state index contributed by atoms with van der Waals surface area (Å²) < 4.78 is 0. The lowest BCUT2D eigenvalue weighted by atomic mass is 10.0. The summed E-state index contributed by atoms with van der Waals surface area (Å²) in [7, 11) is 0. The van der Waals surface area contributed by atoms with Gasteiger partial charge in [-0.3, -0.25) is 4.79 Å². The van der Waals surface area contributed by atoms with Crippen LogP contribution in [0.25, 0.3) is 0 Å². The van der Waals surface area contributed by atoms with Crippen LogP contribution in [0, 0.1) is 5.92 Å². The fraction of sp³-hybridized carbons (Fsp3) is 0.917. The second-order valence-electron chi connectivity index (χ2n) is 4.78. The zero-order valence-electron chi connectivity index (χ0n) is 9.50. The number of likely N-dealkylation sites (tertiary alicyclic amines) is 1. The van der Waals surface area contributed by atoms with E-state index in [4.69, 9.17) is 0 Å². The SMILES string of the molecule is O=C([C@@H]1CCNC1)N1CCCCCCC1. The van der Waals surface area contributed by atoms with Crippen molar-refractivity contribution >= 4 is 5.91 Å². The van der Waals surface area contributed by atoms with Gasteiger partial charge in [0.05, 0.1) is 5.92 Å². The standard InChI is InChI=1S/C12H22N2O/c15-12(11-6-7-13-10-11)14-8-4-2-1-3-5-9-14/h11,13H,1-10H2/t11-/m1/s1. The van der Waals surface area contributed by atoms with Crippen molar-refractivity contribution < 1.29 is 4.79 Å². The lowest BCUT2D eigenvalue weighted by molar-refractivity contribution is -0.135. The van der Waals surface area contributed by atoms with Crippen LogP contribution in [0.4, 0.5) is 0 Å². The Kier molecular flexibility index (Phi) is 4.01. The van der Waals surface area contributed by atoms with Crippen LogP contribution in [0.2, 0.25) is 0 Å². The molecule has 0 saturated carbocycles. The van der Waals surface area contributed by atoms with Gasteiger partial charge in [0.2, 0.25) is 5.91 Å². The first-order chi connectivity index (χ1) is 7.38. The molecule has 1 amide bonds. The highest BCUT2D eigenvalue weighted by Gasteiger charge is 2.26. The predicted molar refractivity (Wildman–Crippen MR) is 60.6 cm³/mol. The lowest BCUT2D eigenvalue weighted by Gasteiger charge is -2.27. The Morgan fingerprint density at radius 1 is 1.07 bits per heavy atom. The molecule has 0 unspecified atom stereocenters. The average Bonchev–Trinajstić information content (AvgIpc) is 2.68. The molecular formula is C12H22N2O. The molecule has 2 aliphatic rings. The molecule has 15 heavy (non-hydrogen) atoms. The summed E-state index contributed by atoms with van der Waals surface area (Å²) in [5, 5.41) is 3.27. The molecule has 0 aromatic heterocycles. The smallest absolute Gasteiger partial charge is 0.227 e. The average molecular weight is 210 g/mol. The van der Waals surface area contributed by atoms with Crippen molar-refractivity contribution in [3.63, 3.8) is 0 Å². The Morgan fingerprint density at radius 2 is 1.73 bits per heavy atom. The van der Waals surface area contributed by atoms with Crippen LogP contribution in [-0.4, -0.2) is 37.0 Å². The fourth-order valence-electron chi connectivity index (χ4n) is 2.59. The molecular weight excluding hydrogens is 188 g/mol. The van der Waals surface area contributed by atoms with Crippen LogP contribution in [0.1, 0.15) is 38.5 Å². The molecule has 2 rings (SSSR count). The van der Waals surface area contributed by atoms with Gasteiger partial charge < -0.3 is 10.2 Å². The van der Waals surface area contributed by atoms with Crippen LogP contribution in [0.3, 0.4) is 0 Å². The number of hydrogen-bond acceptors (Lipinski definition) is 2. The number of carbonyl (C=O) groups is 1. The van der Waals surface area contributed by atoms with Crippen molar-refractivity contribution in [1.82, 2.24) is 10.2 Å². The zero-order valence-corrected chi connectivity index (χ0v) is 9.50. The van der Waals surface area contributed by atoms with Gasteiger partial charge in [-0.15, -0.1) is 0 Å². The van der Waals surface area contributed by atoms with Crippen LogP contribution in [-0.2, 0) is 4.79 Å². The third-order valence-corrected chi connectivity index (χ3v) is 3.58. The van der Waals surface area contributed by atoms with E-state index >= 15 is 0 Å². The summed E-state index contributed by atoms with van der Waals surface area (Å²) in [6, 6.07) is 0. The summed E-state index contributed by atoms with van der Waals surface area (Å²) in [6.07, 6.45) is 7.39. The van der Waals surface area contributed by atoms with Gasteiger partial charge in [0, 0.05) is 19.6 Å². The van der Waals surface area contributed by atoms with E-state index in [1.807, 2.05) is 0 Å². The minimum Gasteiger partial charge on any atom is -0.342 e. The highest BCUT2D eigenvalue weighted by molar-refractivity contribution is 5.79. The molecule has 0 radical (unpaired) electrons. The molecule has 86 valence electrons. The van der Waals surface area contributed by atoms with Gasteiger partial charge in [0.15, 0.2) is 0 Å². The van der Waals surface area contributed by atoms with Crippen molar-refractivity contribution in [1.29, 1.82) is 0 Å². The van der Waals surface area contributed by atoms with Crippen molar-refractivity contribution in [3.05, 3.63) is 0 Å². The Morgan fingerprint density at radius 3 is 2.33 bits per heavy atom. The van der Waals surface area contributed by atoms with Gasteiger partial charge >= 0.3 is 0 Å². The van der Waals surface area contributed by atoms with Gasteiger partial charge in [-0.05, 0) is 25.8 Å². The molecule has 0 aromatic carbocycles. The minimum absolute atomic E-state index is 0.268. The molecule has 0 aromatic rings. The number of carbonyl (C=O) groups excluding carboxylic acids is 1. The highest BCUT2D eigenvalue weighted by Crippen LogP contribution is 2.16. The highest BCUT2D eigenvalue weighted by atomic mass is 16.2. The van der Waals surface area contributed by atoms with Gasteiger partial charge in [-0.1, -0.05) is 19.3 Å². The second-order valence-corrected chi connectivity index (χ2v) is 4.78. The Labute approximate surface area is 92.2 Å². The van der Waals surface area contributed by atoms with Crippen molar-refractivity contribution in [3.8, 4) is 0 Å². The van der Waals surface area contributed by atoms with E-state index in [2.05, 4.69) is 10.2 Å². The van der Waals surface area contributed by atoms with Crippen LogP contribution in [0.15, 0.2) is 0 Å². The maximum atomic E-state index is 12.2. The van der Waals surface area contributed by atoms with Gasteiger partial charge in [0.1, 0.15) is 0 Å². The quantitative estimate of drug-likeness (QED) is 0.709. The topological polar surface area (TPSA) is 32.3 Å². The van der Waals surface area contributed by atoms with E-state index in [-0.39, 0.29) is 5.92 Å². The van der Waals surface area contributed by atoms with E-state index in [1.165, 1.54) is 32.1 Å². The molecule has 1 N–H and O–H groups in total. The molecule has 2 fully saturated rings. The first-order valence-corrected chi connectivity index (χ1v) is 6.37. The van der Waals surface area contributed by atoms with Crippen molar-refractivity contribution in [2.45, 2.75) is 38.5 Å². The van der Waals surface area contributed by atoms with Crippen molar-refractivity contribution in [2.24, 2.45) is 5.92 Å². The molecule has 0 spiro atoms. The number of amides is 1. The van der Waals surface area contributed by atoms with Crippen LogP contribution in [0.5, 0.6) is 0 Å². The van der Waals surface area contributed by atoms with E-state index in [9.17, 15) is 4.79 Å². The van der Waals surface area contributed by atoms with E-state index in [0.29, 0.717) is 5.91 Å². The summed E-state index contributed by atoms with van der Waals surface area (Å²) in [5.41, 5.74) is 0. The first-order valence-electron chi connectivity index (χ1n) is 6.37. The summed E-state index contributed by atoms with van der Waals surface area (Å²) in [5.74, 6) is 0.673. The largest absolute Gasteiger partial charge is 0.342 e. The molecule has 1 atom stereocenters. The van der Waals surface area contributed by atoms with Gasteiger partial charge in [-0.2, -0.15) is 0 Å². The summed E-state index contributed by atoms with van der Waals surface area (Å²) in [6.45, 7) is 3.91. The van der Waals surface area contributed by atoms with E-state index in [0.717, 1.165) is 32.6 Å². The molecule has 2 aliphatic heterocycles. The number of nitrogens with zero attached hydrogens (tertiary/aromatic N) is 1. The van der Waals surface area contributed by atoms with Crippen LogP contribution >= 0.6 is 0 Å². The zero-order chi connectivity index (χ0) is 10.5. The predicted octanol–water partition coefficient (Wildman–Crippen LogP) is 1.39. The monoisotopic (exact) mass is 210 g/mol. The lowest BCUT2D eigenvalue weighted by Crippen LogP contribution is -2.38.